The van der Waals surface area contributed by atoms with E-state index >= 15 is 0 Å². The number of phosphoric ester groups is 1. The Balaban J connectivity index is 5.33. The second-order valence-electron chi connectivity index (χ2n) is 20.8. The zero-order valence-electron chi connectivity index (χ0n) is 47.0. The van der Waals surface area contributed by atoms with Gasteiger partial charge >= 0.3 is 13.8 Å². The average Bonchev–Trinajstić information content (AvgIpc) is 3.33. The van der Waals surface area contributed by atoms with Crippen LogP contribution in [0.3, 0.4) is 0 Å². The van der Waals surface area contributed by atoms with Crippen molar-refractivity contribution < 1.29 is 37.3 Å². The van der Waals surface area contributed by atoms with E-state index in [1.807, 2.05) is 33.3 Å². The molecule has 0 heterocycles. The van der Waals surface area contributed by atoms with Crippen LogP contribution in [-0.4, -0.2) is 74.3 Å². The first-order valence-electron chi connectivity index (χ1n) is 29.3. The van der Waals surface area contributed by atoms with Crippen LogP contribution in [-0.2, 0) is 27.9 Å². The van der Waals surface area contributed by atoms with Crippen molar-refractivity contribution in [3.05, 3.63) is 72.9 Å². The normalized spacial score (nSPS) is 14.3. The van der Waals surface area contributed by atoms with Crippen LogP contribution in [0.25, 0.3) is 0 Å². The molecule has 0 aromatic heterocycles. The number of carbonyl (C=O) groups excluding carboxylic acids is 2. The molecule has 0 bridgehead atoms. The number of quaternary nitrogens is 1. The number of carbonyl (C=O) groups is 2. The summed E-state index contributed by atoms with van der Waals surface area (Å²) in [5.41, 5.74) is 0. The second-order valence-corrected chi connectivity index (χ2v) is 22.2. The van der Waals surface area contributed by atoms with Crippen molar-refractivity contribution in [3.63, 3.8) is 0 Å². The molecule has 9 nitrogen and oxygen atoms in total. The molecule has 0 spiro atoms. The quantitative estimate of drug-likeness (QED) is 0.0205. The maximum absolute atomic E-state index is 13.5. The highest BCUT2D eigenvalue weighted by atomic mass is 31.2. The van der Waals surface area contributed by atoms with Gasteiger partial charge in [-0.25, -0.2) is 4.57 Å². The van der Waals surface area contributed by atoms with Gasteiger partial charge in [0.2, 0.25) is 5.91 Å². The molecule has 2 N–H and O–H groups in total. The number of amides is 1. The molecule has 0 aromatic rings. The Labute approximate surface area is 438 Å². The fraction of sp³-hybridized carbons (Fsp3) is 0.770. The van der Waals surface area contributed by atoms with E-state index in [1.165, 1.54) is 122 Å². The molecule has 0 rings (SSSR count). The van der Waals surface area contributed by atoms with Gasteiger partial charge < -0.3 is 19.4 Å². The monoisotopic (exact) mass is 1020 g/mol. The molecule has 0 radical (unpaired) electrons. The number of unbranched alkanes of at least 4 members (excludes halogenated alkanes) is 26. The highest BCUT2D eigenvalue weighted by molar-refractivity contribution is 7.47. The topological polar surface area (TPSA) is 111 Å². The van der Waals surface area contributed by atoms with Gasteiger partial charge in [0.1, 0.15) is 19.3 Å². The predicted molar refractivity (Wildman–Crippen MR) is 305 cm³/mol. The maximum atomic E-state index is 13.5. The van der Waals surface area contributed by atoms with Crippen molar-refractivity contribution in [1.82, 2.24) is 5.32 Å². The number of esters is 1. The van der Waals surface area contributed by atoms with E-state index in [0.717, 1.165) is 96.3 Å². The number of likely N-dealkylation sites (N-methyl/N-ethyl adjacent to an activating group) is 1. The molecular formula is C61H112N2O7P+. The van der Waals surface area contributed by atoms with Gasteiger partial charge in [0.25, 0.3) is 0 Å². The zero-order chi connectivity index (χ0) is 52.2. The van der Waals surface area contributed by atoms with E-state index in [-0.39, 0.29) is 31.5 Å². The summed E-state index contributed by atoms with van der Waals surface area (Å²) in [5, 5.41) is 3.03. The number of hydrogen-bond acceptors (Lipinski definition) is 6. The number of hydrogen-bond donors (Lipinski definition) is 2. The highest BCUT2D eigenvalue weighted by Crippen LogP contribution is 2.43. The Hall–Kier alpha value is -2.55. The minimum Gasteiger partial charge on any atom is -0.456 e. The minimum atomic E-state index is -4.45. The third-order valence-electron chi connectivity index (χ3n) is 12.6. The van der Waals surface area contributed by atoms with Gasteiger partial charge in [-0.3, -0.25) is 18.6 Å². The molecule has 10 heteroatoms. The number of allylic oxidation sites excluding steroid dienone is 11. The summed E-state index contributed by atoms with van der Waals surface area (Å²) in [6.45, 7) is 6.85. The molecule has 3 atom stereocenters. The molecule has 0 aromatic carbocycles. The van der Waals surface area contributed by atoms with Gasteiger partial charge in [0, 0.05) is 12.8 Å². The third-order valence-corrected chi connectivity index (χ3v) is 13.6. The van der Waals surface area contributed by atoms with Crippen LogP contribution in [0, 0.1) is 0 Å². The van der Waals surface area contributed by atoms with Gasteiger partial charge in [-0.1, -0.05) is 216 Å². The van der Waals surface area contributed by atoms with E-state index in [1.54, 1.807) is 0 Å². The van der Waals surface area contributed by atoms with Crippen LogP contribution in [0.4, 0.5) is 0 Å². The Bertz CT molecular complexity index is 1450. The Morgan fingerprint density at radius 3 is 1.38 bits per heavy atom. The lowest BCUT2D eigenvalue weighted by molar-refractivity contribution is -0.870. The molecule has 1 amide bonds. The number of rotatable bonds is 52. The van der Waals surface area contributed by atoms with Crippen LogP contribution in [0.2, 0.25) is 0 Å². The van der Waals surface area contributed by atoms with Crippen molar-refractivity contribution in [2.45, 2.75) is 264 Å². The fourth-order valence-corrected chi connectivity index (χ4v) is 8.84. The average molecular weight is 1020 g/mol. The molecule has 0 aliphatic rings. The molecule has 412 valence electrons. The van der Waals surface area contributed by atoms with Gasteiger partial charge in [0.15, 0.2) is 0 Å². The first-order valence-corrected chi connectivity index (χ1v) is 30.8. The summed E-state index contributed by atoms with van der Waals surface area (Å²) < 4.78 is 30.6. The van der Waals surface area contributed by atoms with Crippen molar-refractivity contribution in [3.8, 4) is 0 Å². The van der Waals surface area contributed by atoms with Crippen LogP contribution in [0.5, 0.6) is 0 Å². The molecule has 0 aliphatic heterocycles. The highest BCUT2D eigenvalue weighted by Gasteiger charge is 2.30. The number of ether oxygens (including phenoxy) is 1. The Morgan fingerprint density at radius 1 is 0.507 bits per heavy atom. The van der Waals surface area contributed by atoms with Crippen molar-refractivity contribution in [2.75, 3.05) is 40.9 Å². The summed E-state index contributed by atoms with van der Waals surface area (Å²) in [6.07, 6.45) is 64.7. The molecular weight excluding hydrogens is 904 g/mol. The number of phosphoric acid groups is 1. The van der Waals surface area contributed by atoms with Crippen molar-refractivity contribution in [2.24, 2.45) is 0 Å². The Kier molecular flexibility index (Phi) is 49.1. The SMILES string of the molecule is CC/C=C/C/C=C/C/C=C/CCCCCCC(=O)NC(COP(=O)(O)OCC[N+](C)(C)C)C(/C=C/CCCCCCCCCCCC)OC(=O)CCCCCCCCCCC/C=C\C/C=C\CCCCC. The second kappa shape index (κ2) is 51.0. The molecule has 71 heavy (non-hydrogen) atoms. The molecule has 0 saturated carbocycles. The van der Waals surface area contributed by atoms with Crippen LogP contribution < -0.4 is 5.32 Å². The predicted octanol–water partition coefficient (Wildman–Crippen LogP) is 17.7. The van der Waals surface area contributed by atoms with E-state index in [0.29, 0.717) is 17.4 Å². The first-order chi connectivity index (χ1) is 34.4. The number of nitrogens with one attached hydrogen (secondary N) is 1. The van der Waals surface area contributed by atoms with Crippen molar-refractivity contribution >= 4 is 19.7 Å². The number of nitrogens with zero attached hydrogens (tertiary/aromatic N) is 1. The van der Waals surface area contributed by atoms with Gasteiger partial charge in [-0.15, -0.1) is 0 Å². The van der Waals surface area contributed by atoms with Gasteiger partial charge in [-0.2, -0.15) is 0 Å². The van der Waals surface area contributed by atoms with Gasteiger partial charge in [0.05, 0.1) is 33.8 Å². The summed E-state index contributed by atoms with van der Waals surface area (Å²) in [5.74, 6) is -0.536. The van der Waals surface area contributed by atoms with Crippen LogP contribution >= 0.6 is 7.82 Å². The summed E-state index contributed by atoms with van der Waals surface area (Å²) >= 11 is 0. The third kappa shape index (κ3) is 52.1. The van der Waals surface area contributed by atoms with Crippen LogP contribution in [0.1, 0.15) is 252 Å². The lowest BCUT2D eigenvalue weighted by atomic mass is 10.0. The molecule has 3 unspecified atom stereocenters. The maximum Gasteiger partial charge on any atom is 0.472 e. The lowest BCUT2D eigenvalue weighted by Crippen LogP contribution is -2.47. The molecule has 0 aliphatic carbocycles. The fourth-order valence-electron chi connectivity index (χ4n) is 8.10. The summed E-state index contributed by atoms with van der Waals surface area (Å²) in [4.78, 5) is 37.6. The molecule has 0 fully saturated rings. The van der Waals surface area contributed by atoms with E-state index in [2.05, 4.69) is 86.8 Å². The standard InChI is InChI=1S/C61H111N2O7P/c1-7-10-13-16-19-22-25-28-30-31-32-33-34-36-39-42-45-48-51-54-61(65)70-59(52-49-46-43-40-37-27-24-21-18-15-12-9-3)58(57-69-71(66,67)68-56-55-63(4,5)6)62-60(64)53-50-47-44-41-38-35-29-26-23-20-17-14-11-8-2/h11,14,19-20,22-23,28-30,35,49,52,58-59H,7-10,12-13,15-18,21,24-27,31-34,36-48,50-51,53-57H2,1-6H3,(H-,62,64,66,67)/p+1/b14-11+,22-19-,23-20+,30-28-,35-29+,52-49+. The first kappa shape index (κ1) is 68.5. The van der Waals surface area contributed by atoms with E-state index in [4.69, 9.17) is 13.8 Å². The molecule has 0 saturated heterocycles. The summed E-state index contributed by atoms with van der Waals surface area (Å²) in [6, 6.07) is -0.863. The minimum absolute atomic E-state index is 0.0326. The van der Waals surface area contributed by atoms with Gasteiger partial charge in [-0.05, 0) is 96.0 Å². The smallest absolute Gasteiger partial charge is 0.456 e. The Morgan fingerprint density at radius 2 is 0.901 bits per heavy atom. The zero-order valence-corrected chi connectivity index (χ0v) is 47.8. The summed E-state index contributed by atoms with van der Waals surface area (Å²) in [7, 11) is 1.47. The lowest BCUT2D eigenvalue weighted by Gasteiger charge is -2.27. The largest absolute Gasteiger partial charge is 0.472 e. The van der Waals surface area contributed by atoms with Crippen molar-refractivity contribution in [1.29, 1.82) is 0 Å². The van der Waals surface area contributed by atoms with E-state index in [9.17, 15) is 19.0 Å². The van der Waals surface area contributed by atoms with Crippen LogP contribution in [0.15, 0.2) is 72.9 Å². The van der Waals surface area contributed by atoms with E-state index < -0.39 is 20.0 Å².